The molecule has 3 heteroatoms. The van der Waals surface area contributed by atoms with Gasteiger partial charge in [-0.05, 0) is 30.9 Å². The molecule has 1 heterocycles. The number of nitrogens with zero attached hydrogens (tertiary/aromatic N) is 1. The zero-order chi connectivity index (χ0) is 12.1. The second-order valence-electron chi connectivity index (χ2n) is 4.26. The van der Waals surface area contributed by atoms with E-state index in [1.807, 2.05) is 18.2 Å². The first kappa shape index (κ1) is 11.8. The number of piperidine rings is 1. The molecule has 2 rings (SSSR count). The summed E-state index contributed by atoms with van der Waals surface area (Å²) in [6, 6.07) is 9.07. The van der Waals surface area contributed by atoms with E-state index in [9.17, 15) is 9.18 Å². The van der Waals surface area contributed by atoms with Gasteiger partial charge in [-0.15, -0.1) is 0 Å². The monoisotopic (exact) mass is 233 g/mol. The van der Waals surface area contributed by atoms with Crippen molar-refractivity contribution in [2.24, 2.45) is 0 Å². The number of likely N-dealkylation sites (tertiary alicyclic amines) is 1. The van der Waals surface area contributed by atoms with Crippen molar-refractivity contribution >= 4 is 12.0 Å². The molecule has 1 saturated heterocycles. The first-order chi connectivity index (χ1) is 8.27. The molecule has 0 unspecified atom stereocenters. The van der Waals surface area contributed by atoms with Crippen molar-refractivity contribution in [3.63, 3.8) is 0 Å². The molecule has 0 N–H and O–H groups in total. The molecular formula is C14H16FNO. The Hall–Kier alpha value is -1.64. The van der Waals surface area contributed by atoms with E-state index in [1.165, 1.54) is 6.08 Å². The summed E-state index contributed by atoms with van der Waals surface area (Å²) in [6.07, 6.45) is 4.39. The number of amides is 1. The van der Waals surface area contributed by atoms with E-state index in [-0.39, 0.29) is 0 Å². The van der Waals surface area contributed by atoms with Gasteiger partial charge in [0, 0.05) is 13.1 Å². The zero-order valence-corrected chi connectivity index (χ0v) is 9.73. The highest BCUT2D eigenvalue weighted by Gasteiger charge is 2.19. The molecule has 1 fully saturated rings. The smallest absolute Gasteiger partial charge is 0.282 e. The molecule has 17 heavy (non-hydrogen) atoms. The van der Waals surface area contributed by atoms with Crippen LogP contribution in [0.5, 0.6) is 0 Å². The lowest BCUT2D eigenvalue weighted by molar-refractivity contribution is -0.129. The summed E-state index contributed by atoms with van der Waals surface area (Å²) in [5.41, 5.74) is 0.718. The lowest BCUT2D eigenvalue weighted by Crippen LogP contribution is -2.35. The van der Waals surface area contributed by atoms with Crippen molar-refractivity contribution < 1.29 is 9.18 Å². The lowest BCUT2D eigenvalue weighted by Gasteiger charge is -2.25. The van der Waals surface area contributed by atoms with Crippen LogP contribution in [-0.2, 0) is 4.79 Å². The summed E-state index contributed by atoms with van der Waals surface area (Å²) < 4.78 is 13.7. The van der Waals surface area contributed by atoms with Crippen molar-refractivity contribution in [3.8, 4) is 0 Å². The van der Waals surface area contributed by atoms with E-state index in [2.05, 4.69) is 0 Å². The summed E-state index contributed by atoms with van der Waals surface area (Å²) in [4.78, 5) is 13.4. The van der Waals surface area contributed by atoms with Crippen molar-refractivity contribution in [3.05, 3.63) is 41.7 Å². The van der Waals surface area contributed by atoms with Gasteiger partial charge in [0.05, 0.1) is 0 Å². The average Bonchev–Trinajstić information content (AvgIpc) is 2.40. The van der Waals surface area contributed by atoms with Crippen LogP contribution in [0.3, 0.4) is 0 Å². The van der Waals surface area contributed by atoms with Gasteiger partial charge in [0.2, 0.25) is 0 Å². The maximum atomic E-state index is 13.7. The summed E-state index contributed by atoms with van der Waals surface area (Å²) in [7, 11) is 0. The van der Waals surface area contributed by atoms with Gasteiger partial charge < -0.3 is 4.90 Å². The summed E-state index contributed by atoms with van der Waals surface area (Å²) in [5.74, 6) is -1.15. The topological polar surface area (TPSA) is 20.3 Å². The van der Waals surface area contributed by atoms with Gasteiger partial charge in [0.25, 0.3) is 5.91 Å². The van der Waals surface area contributed by atoms with Gasteiger partial charge >= 0.3 is 0 Å². The van der Waals surface area contributed by atoms with Crippen molar-refractivity contribution in [2.75, 3.05) is 13.1 Å². The Morgan fingerprint density at radius 2 is 1.76 bits per heavy atom. The number of rotatable bonds is 2. The second-order valence-corrected chi connectivity index (χ2v) is 4.26. The van der Waals surface area contributed by atoms with E-state index < -0.39 is 11.7 Å². The number of hydrogen-bond acceptors (Lipinski definition) is 1. The van der Waals surface area contributed by atoms with E-state index in [1.54, 1.807) is 17.0 Å². The molecule has 1 aromatic carbocycles. The summed E-state index contributed by atoms with van der Waals surface area (Å²) in [6.45, 7) is 1.35. The van der Waals surface area contributed by atoms with E-state index in [0.717, 1.165) is 24.8 Å². The van der Waals surface area contributed by atoms with Gasteiger partial charge in [-0.25, -0.2) is 4.39 Å². The van der Waals surface area contributed by atoms with Gasteiger partial charge in [0.15, 0.2) is 5.83 Å². The molecule has 0 aromatic heterocycles. The van der Waals surface area contributed by atoms with Crippen LogP contribution in [-0.4, -0.2) is 23.9 Å². The van der Waals surface area contributed by atoms with Crippen LogP contribution < -0.4 is 0 Å². The Labute approximate surface area is 101 Å². The van der Waals surface area contributed by atoms with E-state index in [4.69, 9.17) is 0 Å². The summed E-state index contributed by atoms with van der Waals surface area (Å²) >= 11 is 0. The first-order valence-corrected chi connectivity index (χ1v) is 5.99. The quantitative estimate of drug-likeness (QED) is 0.719. The van der Waals surface area contributed by atoms with Gasteiger partial charge in [0.1, 0.15) is 0 Å². The fourth-order valence-electron chi connectivity index (χ4n) is 2.01. The molecular weight excluding hydrogens is 217 g/mol. The minimum Gasteiger partial charge on any atom is -0.337 e. The average molecular weight is 233 g/mol. The highest BCUT2D eigenvalue weighted by atomic mass is 19.1. The van der Waals surface area contributed by atoms with Gasteiger partial charge in [-0.2, -0.15) is 0 Å². The normalized spacial score (nSPS) is 17.0. The zero-order valence-electron chi connectivity index (χ0n) is 9.73. The van der Waals surface area contributed by atoms with E-state index >= 15 is 0 Å². The number of carbonyl (C=O) groups is 1. The predicted molar refractivity (Wildman–Crippen MR) is 66.0 cm³/mol. The third kappa shape index (κ3) is 3.16. The Morgan fingerprint density at radius 3 is 2.41 bits per heavy atom. The van der Waals surface area contributed by atoms with Crippen LogP contribution in [0.25, 0.3) is 6.08 Å². The molecule has 0 saturated carbocycles. The van der Waals surface area contributed by atoms with Crippen molar-refractivity contribution in [1.82, 2.24) is 4.90 Å². The number of hydrogen-bond donors (Lipinski definition) is 0. The van der Waals surface area contributed by atoms with Crippen LogP contribution in [0.1, 0.15) is 24.8 Å². The Kier molecular flexibility index (Phi) is 3.91. The standard InChI is InChI=1S/C14H16FNO/c15-13(11-12-7-3-1-4-8-12)14(17)16-9-5-2-6-10-16/h1,3-4,7-8,11H,2,5-6,9-10H2/b13-11+. The van der Waals surface area contributed by atoms with Crippen molar-refractivity contribution in [1.29, 1.82) is 0 Å². The fraction of sp³-hybridized carbons (Fsp3) is 0.357. The molecule has 0 atom stereocenters. The second kappa shape index (κ2) is 5.62. The van der Waals surface area contributed by atoms with Gasteiger partial charge in [-0.1, -0.05) is 30.3 Å². The first-order valence-electron chi connectivity index (χ1n) is 5.99. The molecule has 1 aliphatic heterocycles. The minimum absolute atomic E-state index is 0.478. The lowest BCUT2D eigenvalue weighted by atomic mass is 10.1. The van der Waals surface area contributed by atoms with Crippen LogP contribution in [0.2, 0.25) is 0 Å². The molecule has 0 radical (unpaired) electrons. The SMILES string of the molecule is O=C(/C(F)=C\c1ccccc1)N1CCCCC1. The maximum Gasteiger partial charge on any atom is 0.282 e. The molecule has 0 aliphatic carbocycles. The highest BCUT2D eigenvalue weighted by molar-refractivity contribution is 5.95. The molecule has 0 bridgehead atoms. The molecule has 1 aliphatic rings. The van der Waals surface area contributed by atoms with Crippen LogP contribution in [0.4, 0.5) is 4.39 Å². The molecule has 1 aromatic rings. The molecule has 90 valence electrons. The van der Waals surface area contributed by atoms with Crippen LogP contribution in [0.15, 0.2) is 36.2 Å². The molecule has 1 amide bonds. The summed E-state index contributed by atoms with van der Waals surface area (Å²) in [5, 5.41) is 0. The minimum atomic E-state index is -0.668. The Balaban J connectivity index is 2.06. The highest BCUT2D eigenvalue weighted by Crippen LogP contribution is 2.15. The third-order valence-corrected chi connectivity index (χ3v) is 2.94. The number of benzene rings is 1. The third-order valence-electron chi connectivity index (χ3n) is 2.94. The Morgan fingerprint density at radius 1 is 1.12 bits per heavy atom. The molecule has 2 nitrogen and oxygen atoms in total. The van der Waals surface area contributed by atoms with Crippen LogP contribution >= 0.6 is 0 Å². The predicted octanol–water partition coefficient (Wildman–Crippen LogP) is 3.01. The fourth-order valence-corrected chi connectivity index (χ4v) is 2.01. The van der Waals surface area contributed by atoms with Crippen LogP contribution in [0, 0.1) is 0 Å². The maximum absolute atomic E-state index is 13.7. The Bertz CT molecular complexity index is 407. The largest absolute Gasteiger partial charge is 0.337 e. The van der Waals surface area contributed by atoms with Crippen molar-refractivity contribution in [2.45, 2.75) is 19.3 Å². The molecule has 0 spiro atoms. The van der Waals surface area contributed by atoms with E-state index in [0.29, 0.717) is 13.1 Å². The number of halogens is 1. The van der Waals surface area contributed by atoms with Gasteiger partial charge in [-0.3, -0.25) is 4.79 Å². The number of carbonyl (C=O) groups excluding carboxylic acids is 1.